The molecule has 1 fully saturated rings. The van der Waals surface area contributed by atoms with Crippen molar-refractivity contribution in [2.75, 3.05) is 7.11 Å². The Hall–Kier alpha value is -0.760. The van der Waals surface area contributed by atoms with E-state index in [1.165, 1.54) is 24.8 Å². The fourth-order valence-corrected chi connectivity index (χ4v) is 3.29. The van der Waals surface area contributed by atoms with Crippen molar-refractivity contribution >= 4 is 11.6 Å². The Morgan fingerprint density at radius 1 is 1.33 bits per heavy atom. The van der Waals surface area contributed by atoms with Crippen LogP contribution in [0, 0.1) is 19.8 Å². The van der Waals surface area contributed by atoms with Gasteiger partial charge in [-0.3, -0.25) is 4.98 Å². The lowest BCUT2D eigenvalue weighted by molar-refractivity contribution is 0.359. The van der Waals surface area contributed by atoms with Gasteiger partial charge >= 0.3 is 0 Å². The Morgan fingerprint density at radius 2 is 2.06 bits per heavy atom. The van der Waals surface area contributed by atoms with Crippen molar-refractivity contribution < 1.29 is 4.74 Å². The first-order chi connectivity index (χ1) is 8.63. The summed E-state index contributed by atoms with van der Waals surface area (Å²) in [5.74, 6) is 1.54. The zero-order valence-electron chi connectivity index (χ0n) is 11.5. The topological polar surface area (TPSA) is 22.1 Å². The molecular formula is C15H22ClNO. The summed E-state index contributed by atoms with van der Waals surface area (Å²) >= 11 is 6.43. The van der Waals surface area contributed by atoms with Crippen molar-refractivity contribution in [3.63, 3.8) is 0 Å². The fourth-order valence-electron chi connectivity index (χ4n) is 2.92. The maximum atomic E-state index is 6.43. The van der Waals surface area contributed by atoms with Gasteiger partial charge in [0.1, 0.15) is 5.75 Å². The van der Waals surface area contributed by atoms with Gasteiger partial charge in [0.05, 0.1) is 7.11 Å². The molecule has 1 aliphatic rings. The number of pyridine rings is 1. The van der Waals surface area contributed by atoms with E-state index in [1.54, 1.807) is 7.11 Å². The first kappa shape index (κ1) is 13.7. The van der Waals surface area contributed by atoms with Crippen LogP contribution in [0.5, 0.6) is 5.75 Å². The predicted molar refractivity (Wildman–Crippen MR) is 75.6 cm³/mol. The molecule has 2 nitrogen and oxygen atoms in total. The molecule has 0 aliphatic heterocycles. The minimum atomic E-state index is 0.312. The monoisotopic (exact) mass is 267 g/mol. The Bertz CT molecular complexity index is 419. The highest BCUT2D eigenvalue weighted by Crippen LogP contribution is 2.33. The molecule has 0 saturated heterocycles. The average Bonchev–Trinajstić information content (AvgIpc) is 2.36. The van der Waals surface area contributed by atoms with Crippen LogP contribution < -0.4 is 4.74 Å². The maximum absolute atomic E-state index is 6.43. The predicted octanol–water partition coefficient (Wildman–Crippen LogP) is 4.05. The molecule has 1 saturated carbocycles. The zero-order valence-corrected chi connectivity index (χ0v) is 12.3. The van der Waals surface area contributed by atoms with Crippen molar-refractivity contribution in [3.05, 3.63) is 23.0 Å². The van der Waals surface area contributed by atoms with E-state index >= 15 is 0 Å². The molecule has 2 unspecified atom stereocenters. The van der Waals surface area contributed by atoms with Crippen LogP contribution in [0.1, 0.15) is 42.5 Å². The lowest BCUT2D eigenvalue weighted by Gasteiger charge is -2.27. The van der Waals surface area contributed by atoms with Crippen LogP contribution in [0.25, 0.3) is 0 Å². The second kappa shape index (κ2) is 5.92. The SMILES string of the molecule is COc1c(C)cnc(CC2CCCCC2Cl)c1C. The first-order valence-corrected chi connectivity index (χ1v) is 7.20. The molecule has 2 rings (SSSR count). The summed E-state index contributed by atoms with van der Waals surface area (Å²) in [6.45, 7) is 4.13. The summed E-state index contributed by atoms with van der Waals surface area (Å²) in [7, 11) is 1.73. The number of aryl methyl sites for hydroxylation is 1. The van der Waals surface area contributed by atoms with Crippen molar-refractivity contribution in [1.82, 2.24) is 4.98 Å². The van der Waals surface area contributed by atoms with Gasteiger partial charge in [0, 0.05) is 28.4 Å². The second-order valence-electron chi connectivity index (χ2n) is 5.31. The number of nitrogens with zero attached hydrogens (tertiary/aromatic N) is 1. The molecular weight excluding hydrogens is 246 g/mol. The number of alkyl halides is 1. The van der Waals surface area contributed by atoms with Crippen LogP contribution in [-0.2, 0) is 6.42 Å². The fraction of sp³-hybridized carbons (Fsp3) is 0.667. The van der Waals surface area contributed by atoms with E-state index in [1.807, 2.05) is 13.1 Å². The molecule has 1 aromatic rings. The van der Waals surface area contributed by atoms with Crippen LogP contribution in [0.15, 0.2) is 6.20 Å². The first-order valence-electron chi connectivity index (χ1n) is 6.76. The van der Waals surface area contributed by atoms with Crippen molar-refractivity contribution in [1.29, 1.82) is 0 Å². The van der Waals surface area contributed by atoms with Crippen LogP contribution in [-0.4, -0.2) is 17.5 Å². The molecule has 2 atom stereocenters. The van der Waals surface area contributed by atoms with Gasteiger partial charge < -0.3 is 4.74 Å². The smallest absolute Gasteiger partial charge is 0.128 e. The minimum absolute atomic E-state index is 0.312. The largest absolute Gasteiger partial charge is 0.496 e. The van der Waals surface area contributed by atoms with Gasteiger partial charge in [-0.1, -0.05) is 12.8 Å². The molecule has 0 spiro atoms. The van der Waals surface area contributed by atoms with Gasteiger partial charge in [0.25, 0.3) is 0 Å². The van der Waals surface area contributed by atoms with Crippen molar-refractivity contribution in [2.45, 2.75) is 51.3 Å². The number of halogens is 1. The van der Waals surface area contributed by atoms with E-state index in [0.717, 1.165) is 29.8 Å². The van der Waals surface area contributed by atoms with Crippen LogP contribution >= 0.6 is 11.6 Å². The Balaban J connectivity index is 2.18. The molecule has 0 bridgehead atoms. The van der Waals surface area contributed by atoms with Crippen LogP contribution in [0.3, 0.4) is 0 Å². The maximum Gasteiger partial charge on any atom is 0.128 e. The molecule has 0 amide bonds. The highest BCUT2D eigenvalue weighted by molar-refractivity contribution is 6.20. The number of aromatic nitrogens is 1. The second-order valence-corrected chi connectivity index (χ2v) is 5.87. The molecule has 0 aromatic carbocycles. The normalized spacial score (nSPS) is 24.0. The Kier molecular flexibility index (Phi) is 4.50. The zero-order chi connectivity index (χ0) is 13.1. The van der Waals surface area contributed by atoms with Crippen molar-refractivity contribution in [3.8, 4) is 5.75 Å². The van der Waals surface area contributed by atoms with Gasteiger partial charge in [-0.25, -0.2) is 0 Å². The van der Waals surface area contributed by atoms with E-state index in [-0.39, 0.29) is 0 Å². The lowest BCUT2D eigenvalue weighted by atomic mass is 9.84. The standard InChI is InChI=1S/C15H22ClNO/c1-10-9-17-14(11(2)15(10)18-3)8-12-6-4-5-7-13(12)16/h9,12-13H,4-8H2,1-3H3. The highest BCUT2D eigenvalue weighted by Gasteiger charge is 2.24. The molecule has 100 valence electrons. The third-order valence-electron chi connectivity index (χ3n) is 4.02. The number of hydrogen-bond donors (Lipinski definition) is 0. The molecule has 1 aliphatic carbocycles. The number of hydrogen-bond acceptors (Lipinski definition) is 2. The lowest BCUT2D eigenvalue weighted by Crippen LogP contribution is -2.22. The molecule has 0 N–H and O–H groups in total. The Morgan fingerprint density at radius 3 is 2.72 bits per heavy atom. The molecule has 1 aromatic heterocycles. The Labute approximate surface area is 115 Å². The van der Waals surface area contributed by atoms with E-state index < -0.39 is 0 Å². The third-order valence-corrected chi connectivity index (χ3v) is 4.60. The third kappa shape index (κ3) is 2.80. The van der Waals surface area contributed by atoms with Crippen molar-refractivity contribution in [2.24, 2.45) is 5.92 Å². The average molecular weight is 268 g/mol. The van der Waals surface area contributed by atoms with Gasteiger partial charge in [0.2, 0.25) is 0 Å². The summed E-state index contributed by atoms with van der Waals surface area (Å²) in [4.78, 5) is 4.58. The number of ether oxygens (including phenoxy) is 1. The van der Waals surface area contributed by atoms with E-state index in [9.17, 15) is 0 Å². The van der Waals surface area contributed by atoms with Gasteiger partial charge in [-0.05, 0) is 39.0 Å². The van der Waals surface area contributed by atoms with Crippen LogP contribution in [0.2, 0.25) is 0 Å². The quantitative estimate of drug-likeness (QED) is 0.771. The van der Waals surface area contributed by atoms with E-state index in [0.29, 0.717) is 11.3 Å². The van der Waals surface area contributed by atoms with E-state index in [2.05, 4.69) is 11.9 Å². The van der Waals surface area contributed by atoms with Gasteiger partial charge in [-0.15, -0.1) is 11.6 Å². The minimum Gasteiger partial charge on any atom is -0.496 e. The summed E-state index contributed by atoms with van der Waals surface area (Å²) in [6, 6.07) is 0. The summed E-state index contributed by atoms with van der Waals surface area (Å²) in [5, 5.41) is 0.312. The van der Waals surface area contributed by atoms with E-state index in [4.69, 9.17) is 16.3 Å². The summed E-state index contributed by atoms with van der Waals surface area (Å²) < 4.78 is 5.46. The number of methoxy groups -OCH3 is 1. The number of rotatable bonds is 3. The summed E-state index contributed by atoms with van der Waals surface area (Å²) in [5.41, 5.74) is 3.42. The molecule has 1 heterocycles. The molecule has 0 radical (unpaired) electrons. The molecule has 18 heavy (non-hydrogen) atoms. The molecule has 3 heteroatoms. The van der Waals surface area contributed by atoms with Gasteiger partial charge in [0.15, 0.2) is 0 Å². The van der Waals surface area contributed by atoms with Gasteiger partial charge in [-0.2, -0.15) is 0 Å². The van der Waals surface area contributed by atoms with Crippen LogP contribution in [0.4, 0.5) is 0 Å². The highest BCUT2D eigenvalue weighted by atomic mass is 35.5. The summed E-state index contributed by atoms with van der Waals surface area (Å²) in [6.07, 6.45) is 7.84.